The fraction of sp³-hybridized carbons (Fsp3) is 0.300. The zero-order chi connectivity index (χ0) is 17.8. The molecule has 2 saturated heterocycles. The van der Waals surface area contributed by atoms with Crippen LogP contribution in [-0.4, -0.2) is 39.2 Å². The minimum Gasteiger partial charge on any atom is -0.319 e. The molecule has 2 aliphatic rings. The summed E-state index contributed by atoms with van der Waals surface area (Å²) in [6, 6.07) is 16.6. The molecule has 4 rings (SSSR count). The van der Waals surface area contributed by atoms with E-state index >= 15 is 0 Å². The highest BCUT2D eigenvalue weighted by atomic mass is 79.9. The number of halogens is 1. The molecule has 0 aromatic heterocycles. The van der Waals surface area contributed by atoms with E-state index < -0.39 is 5.66 Å². The minimum atomic E-state index is -0.465. The van der Waals surface area contributed by atoms with E-state index in [1.165, 1.54) is 0 Å². The maximum atomic E-state index is 12.9. The number of carbonyl (C=O) groups excluding carboxylic acids is 2. The van der Waals surface area contributed by atoms with Gasteiger partial charge >= 0.3 is 0 Å². The Morgan fingerprint density at radius 3 is 2.28 bits per heavy atom. The van der Waals surface area contributed by atoms with Gasteiger partial charge in [-0.05, 0) is 31.5 Å². The topological polar surface area (TPSA) is 40.4 Å². The third kappa shape index (κ3) is 2.62. The van der Waals surface area contributed by atoms with Gasteiger partial charge in [0.25, 0.3) is 0 Å². The first-order valence-electron chi connectivity index (χ1n) is 8.35. The quantitative estimate of drug-likeness (QED) is 0.584. The number of Topliss-reactive ketones (excluding diaryl/α,β-unsaturated/α-hetero) is 1. The van der Waals surface area contributed by atoms with E-state index in [4.69, 9.17) is 0 Å². The van der Waals surface area contributed by atoms with Crippen molar-refractivity contribution in [2.24, 2.45) is 0 Å². The zero-order valence-corrected chi connectivity index (χ0v) is 15.7. The van der Waals surface area contributed by atoms with Crippen molar-refractivity contribution in [1.82, 2.24) is 9.80 Å². The first kappa shape index (κ1) is 16.5. The predicted molar refractivity (Wildman–Crippen MR) is 99.0 cm³/mol. The van der Waals surface area contributed by atoms with Crippen LogP contribution in [0.25, 0.3) is 0 Å². The molecule has 0 aliphatic carbocycles. The Bertz CT molecular complexity index is 833. The lowest BCUT2D eigenvalue weighted by atomic mass is 10.0. The van der Waals surface area contributed by atoms with E-state index in [0.717, 1.165) is 10.0 Å². The molecule has 0 N–H and O–H groups in total. The van der Waals surface area contributed by atoms with E-state index in [2.05, 4.69) is 15.9 Å². The van der Waals surface area contributed by atoms with Crippen LogP contribution in [-0.2, 0) is 11.3 Å². The molecule has 2 aromatic carbocycles. The normalized spacial score (nSPS) is 26.4. The molecule has 1 amide bonds. The molecule has 5 heteroatoms. The summed E-state index contributed by atoms with van der Waals surface area (Å²) in [5.74, 6) is 0.0719. The molecule has 0 saturated carbocycles. The second-order valence-corrected chi connectivity index (χ2v) is 7.99. The number of ketones is 1. The molecule has 0 spiro atoms. The lowest BCUT2D eigenvalue weighted by Gasteiger charge is -2.36. The maximum absolute atomic E-state index is 12.9. The molecule has 0 radical (unpaired) electrons. The van der Waals surface area contributed by atoms with Gasteiger partial charge in [0.05, 0.1) is 5.66 Å². The zero-order valence-electron chi connectivity index (χ0n) is 14.1. The summed E-state index contributed by atoms with van der Waals surface area (Å²) < 4.78 is 0.936. The summed E-state index contributed by atoms with van der Waals surface area (Å²) in [6.45, 7) is 4.60. The van der Waals surface area contributed by atoms with E-state index in [9.17, 15) is 9.59 Å². The first-order valence-corrected chi connectivity index (χ1v) is 9.14. The Labute approximate surface area is 155 Å². The highest BCUT2D eigenvalue weighted by molar-refractivity contribution is 9.10. The fourth-order valence-corrected chi connectivity index (χ4v) is 4.09. The van der Waals surface area contributed by atoms with Crippen molar-refractivity contribution in [3.8, 4) is 0 Å². The standard InChI is InChI=1S/C20H19BrN2O2/c1-20(2)22(12-13-6-4-3-5-7-13)19(25)17-16(23(17)20)18(24)14-8-10-15(21)11-9-14/h3-11,16-17H,12H2,1-2H3/t16-,17+,23?/m1/s1. The molecule has 3 atom stereocenters. The smallest absolute Gasteiger partial charge is 0.243 e. The third-order valence-corrected chi connectivity index (χ3v) is 5.73. The number of rotatable bonds is 4. The van der Waals surface area contributed by atoms with Crippen molar-refractivity contribution in [2.45, 2.75) is 38.1 Å². The van der Waals surface area contributed by atoms with Gasteiger partial charge in [-0.15, -0.1) is 0 Å². The van der Waals surface area contributed by atoms with E-state index in [1.807, 2.05) is 66.1 Å². The number of benzene rings is 2. The lowest BCUT2D eigenvalue weighted by molar-refractivity contribution is -0.133. The van der Waals surface area contributed by atoms with E-state index in [1.54, 1.807) is 12.1 Å². The monoisotopic (exact) mass is 398 g/mol. The average Bonchev–Trinajstić information content (AvgIpc) is 3.32. The molecule has 2 aromatic rings. The molecule has 2 aliphatic heterocycles. The fourth-order valence-electron chi connectivity index (χ4n) is 3.83. The Morgan fingerprint density at radius 2 is 1.72 bits per heavy atom. The number of hydrogen-bond acceptors (Lipinski definition) is 3. The third-order valence-electron chi connectivity index (χ3n) is 5.20. The summed E-state index contributed by atoms with van der Waals surface area (Å²) in [5.41, 5.74) is 1.29. The van der Waals surface area contributed by atoms with Crippen LogP contribution >= 0.6 is 15.9 Å². The van der Waals surface area contributed by atoms with Crippen molar-refractivity contribution in [2.75, 3.05) is 0 Å². The summed E-state index contributed by atoms with van der Waals surface area (Å²) in [7, 11) is 0. The molecule has 128 valence electrons. The molecule has 2 fully saturated rings. The van der Waals surface area contributed by atoms with Crippen LogP contribution in [0.15, 0.2) is 59.1 Å². The van der Waals surface area contributed by atoms with Crippen LogP contribution in [0.2, 0.25) is 0 Å². The minimum absolute atomic E-state index is 0.0262. The van der Waals surface area contributed by atoms with Gasteiger partial charge in [-0.1, -0.05) is 58.4 Å². The summed E-state index contributed by atoms with van der Waals surface area (Å²) in [6.07, 6.45) is 0. The van der Waals surface area contributed by atoms with Gasteiger partial charge in [-0.2, -0.15) is 0 Å². The number of carbonyl (C=O) groups is 2. The van der Waals surface area contributed by atoms with Crippen molar-refractivity contribution in [3.05, 3.63) is 70.2 Å². The van der Waals surface area contributed by atoms with Gasteiger partial charge in [-0.3, -0.25) is 14.5 Å². The van der Waals surface area contributed by atoms with Gasteiger partial charge < -0.3 is 4.90 Å². The Hall–Kier alpha value is -1.98. The Morgan fingerprint density at radius 1 is 1.08 bits per heavy atom. The number of amides is 1. The first-order chi connectivity index (χ1) is 11.9. The second kappa shape index (κ2) is 5.78. The van der Waals surface area contributed by atoms with Gasteiger partial charge in [-0.25, -0.2) is 0 Å². The van der Waals surface area contributed by atoms with E-state index in [-0.39, 0.29) is 23.8 Å². The van der Waals surface area contributed by atoms with Crippen molar-refractivity contribution >= 4 is 27.6 Å². The number of nitrogens with zero attached hydrogens (tertiary/aromatic N) is 2. The van der Waals surface area contributed by atoms with Crippen LogP contribution in [0.4, 0.5) is 0 Å². The number of fused-ring (bicyclic) bond motifs is 1. The molecular weight excluding hydrogens is 380 g/mol. The SMILES string of the molecule is CC1(C)N(Cc2ccccc2)C(=O)[C@@H]2[C@H](C(=O)c3ccc(Br)cc3)N21. The summed E-state index contributed by atoms with van der Waals surface area (Å²) >= 11 is 3.38. The summed E-state index contributed by atoms with van der Waals surface area (Å²) in [5, 5.41) is 0. The van der Waals surface area contributed by atoms with Gasteiger partial charge in [0.15, 0.2) is 5.78 Å². The lowest BCUT2D eigenvalue weighted by Crippen LogP contribution is -2.49. The van der Waals surface area contributed by atoms with Crippen LogP contribution in [0.5, 0.6) is 0 Å². The molecule has 1 unspecified atom stereocenters. The average molecular weight is 399 g/mol. The van der Waals surface area contributed by atoms with Crippen LogP contribution in [0.1, 0.15) is 29.8 Å². The van der Waals surface area contributed by atoms with Gasteiger partial charge in [0.1, 0.15) is 12.1 Å². The molecule has 25 heavy (non-hydrogen) atoms. The van der Waals surface area contributed by atoms with Crippen molar-refractivity contribution in [3.63, 3.8) is 0 Å². The highest BCUT2D eigenvalue weighted by Crippen LogP contribution is 2.48. The highest BCUT2D eigenvalue weighted by Gasteiger charge is 2.70. The maximum Gasteiger partial charge on any atom is 0.243 e. The van der Waals surface area contributed by atoms with Gasteiger partial charge in [0.2, 0.25) is 5.91 Å². The Balaban J connectivity index is 1.54. The second-order valence-electron chi connectivity index (χ2n) is 7.07. The Kier molecular flexibility index (Phi) is 3.81. The predicted octanol–water partition coefficient (Wildman–Crippen LogP) is 3.46. The van der Waals surface area contributed by atoms with Crippen molar-refractivity contribution < 1.29 is 9.59 Å². The van der Waals surface area contributed by atoms with Crippen LogP contribution < -0.4 is 0 Å². The molecule has 0 bridgehead atoms. The molecule has 2 heterocycles. The van der Waals surface area contributed by atoms with E-state index in [0.29, 0.717) is 12.1 Å². The molecular formula is C20H19BrN2O2. The summed E-state index contributed by atoms with van der Waals surface area (Å²) in [4.78, 5) is 29.6. The largest absolute Gasteiger partial charge is 0.319 e. The van der Waals surface area contributed by atoms with Crippen LogP contribution in [0.3, 0.4) is 0 Å². The van der Waals surface area contributed by atoms with Gasteiger partial charge in [0, 0.05) is 16.6 Å². The van der Waals surface area contributed by atoms with Crippen LogP contribution in [0, 0.1) is 0 Å². The molecule has 4 nitrogen and oxygen atoms in total. The van der Waals surface area contributed by atoms with Crippen molar-refractivity contribution in [1.29, 1.82) is 0 Å². The number of hydrogen-bond donors (Lipinski definition) is 0.